The van der Waals surface area contributed by atoms with Crippen LogP contribution >= 0.6 is 0 Å². The Balaban J connectivity index is 0.915. The number of halogens is 5. The molecule has 14 aromatic carbocycles. The predicted molar refractivity (Wildman–Crippen MR) is 445 cm³/mol. The van der Waals surface area contributed by atoms with Crippen LogP contribution in [-0.2, 0) is 0 Å². The highest BCUT2D eigenvalue weighted by Crippen LogP contribution is 2.50. The van der Waals surface area contributed by atoms with Crippen LogP contribution in [0.1, 0.15) is 0 Å². The largest absolute Gasteiger partial charge is 0.319 e. The molecule has 0 unspecified atom stereocenters. The zero-order valence-electron chi connectivity index (χ0n) is 61.3. The number of aromatic nitrogens is 14. The smallest absolute Gasteiger partial charge is 0.234 e. The second-order valence-electron chi connectivity index (χ2n) is 27.6. The number of fused-ring (bicyclic) bond motifs is 6. The van der Waals surface area contributed by atoms with Crippen LogP contribution in [0, 0.1) is 35.7 Å². The van der Waals surface area contributed by atoms with E-state index in [1.165, 1.54) is 12.1 Å². The third kappa shape index (κ3) is 12.7. The summed E-state index contributed by atoms with van der Waals surface area (Å²) in [5.41, 5.74) is 6.61. The van der Waals surface area contributed by atoms with Gasteiger partial charge >= 0.3 is 0 Å². The first-order valence-corrected chi connectivity index (χ1v) is 37.2. The Bertz CT molecular complexity index is 6740. The van der Waals surface area contributed by atoms with Crippen LogP contribution in [0.15, 0.2) is 328 Å². The zero-order chi connectivity index (χ0) is 78.8. The molecule has 0 bridgehead atoms. The quantitative estimate of drug-likeness (QED) is 0.0413. The minimum atomic E-state index is -2.38. The summed E-state index contributed by atoms with van der Waals surface area (Å²) in [6.45, 7) is 9.89. The Morgan fingerprint density at radius 2 is 0.419 bits per heavy atom. The number of nitrogens with zero attached hydrogens (tertiary/aromatic N) is 15. The molecule has 6 heterocycles. The van der Waals surface area contributed by atoms with E-state index in [0.717, 1.165) is 22.3 Å². The molecule has 0 aliphatic carbocycles. The van der Waals surface area contributed by atoms with Crippen LogP contribution < -0.4 is 0 Å². The van der Waals surface area contributed by atoms with Gasteiger partial charge in [0.25, 0.3) is 0 Å². The molecule has 0 radical (unpaired) electrons. The van der Waals surface area contributed by atoms with Crippen molar-refractivity contribution in [3.8, 4) is 159 Å². The summed E-state index contributed by atoms with van der Waals surface area (Å²) in [6, 6.07) is 101. The topological polar surface area (TPSA) is 169 Å². The first-order chi connectivity index (χ1) is 57.5. The summed E-state index contributed by atoms with van der Waals surface area (Å²) < 4.78 is 87.9. The Morgan fingerprint density at radius 3 is 0.641 bits per heavy atom. The van der Waals surface area contributed by atoms with Gasteiger partial charge in [-0.3, -0.25) is 0 Å². The average molecular weight is 1520 g/mol. The fourth-order valence-electron chi connectivity index (χ4n) is 15.0. The second kappa shape index (κ2) is 29.2. The molecular formula is C97H54F5N15. The molecular weight excluding hydrogens is 1470 g/mol. The summed E-state index contributed by atoms with van der Waals surface area (Å²) in [6.07, 6.45) is 0. The monoisotopic (exact) mass is 1520 g/mol. The van der Waals surface area contributed by atoms with Crippen molar-refractivity contribution in [2.45, 2.75) is 0 Å². The van der Waals surface area contributed by atoms with E-state index < -0.39 is 40.2 Å². The molecule has 117 heavy (non-hydrogen) atoms. The van der Waals surface area contributed by atoms with Crippen molar-refractivity contribution in [1.29, 1.82) is 0 Å². The lowest BCUT2D eigenvalue weighted by Crippen LogP contribution is -2.08. The van der Waals surface area contributed by atoms with E-state index in [0.29, 0.717) is 124 Å². The van der Waals surface area contributed by atoms with Crippen molar-refractivity contribution in [1.82, 2.24) is 68.9 Å². The SMILES string of the molecule is [C-]#[N+]c1c(-n2c3cc(-c4nc(-c5ccccc5)nc(-c5ccccc5)n4)ccc3c3ccc(-c4nc(-c5ccccc5)nc(-c5ccccc5)n4)cc32)ccc(-c2c(F)c(F)c(F)c(F)c2F)c1-n1c2cc(-c3nc(-c4ccccc4)nc(-c4ccccc4)n3)ccc2c2ccc(-c3nc(-c4ccccc4)nc(-c4ccccc4)n3)cc21. The number of hydrogen-bond donors (Lipinski definition) is 0. The van der Waals surface area contributed by atoms with Gasteiger partial charge in [-0.05, 0) is 30.3 Å². The molecule has 20 rings (SSSR count). The average Bonchev–Trinajstić information content (AvgIpc) is 1.57. The molecule has 0 aliphatic rings. The Kier molecular flexibility index (Phi) is 17.5. The highest BCUT2D eigenvalue weighted by molar-refractivity contribution is 6.14. The second-order valence-corrected chi connectivity index (χ2v) is 27.6. The molecule has 6 aromatic heterocycles. The van der Waals surface area contributed by atoms with Crippen molar-refractivity contribution in [3.05, 3.63) is 368 Å². The van der Waals surface area contributed by atoms with Gasteiger partial charge in [0.2, 0.25) is 11.5 Å². The first-order valence-electron chi connectivity index (χ1n) is 37.2. The van der Waals surface area contributed by atoms with E-state index in [4.69, 9.17) is 59.8 Å². The molecule has 20 heteroatoms. The van der Waals surface area contributed by atoms with E-state index in [1.54, 1.807) is 16.7 Å². The van der Waals surface area contributed by atoms with Crippen molar-refractivity contribution < 1.29 is 22.0 Å². The fourth-order valence-corrected chi connectivity index (χ4v) is 15.0. The number of benzene rings is 14. The van der Waals surface area contributed by atoms with Gasteiger partial charge in [0.15, 0.2) is 93.2 Å². The van der Waals surface area contributed by atoms with Gasteiger partial charge in [-0.15, -0.1) is 0 Å². The molecule has 0 saturated carbocycles. The highest BCUT2D eigenvalue weighted by Gasteiger charge is 2.33. The van der Waals surface area contributed by atoms with Crippen LogP contribution in [0.25, 0.3) is 208 Å². The highest BCUT2D eigenvalue weighted by atomic mass is 19.2. The molecule has 0 saturated heterocycles. The van der Waals surface area contributed by atoms with Gasteiger partial charge in [0.05, 0.1) is 45.6 Å². The van der Waals surface area contributed by atoms with Gasteiger partial charge in [0.1, 0.15) is 0 Å². The fraction of sp³-hybridized carbons (Fsp3) is 0. The summed E-state index contributed by atoms with van der Waals surface area (Å²) in [5.74, 6) is -7.17. The predicted octanol–water partition coefficient (Wildman–Crippen LogP) is 23.5. The van der Waals surface area contributed by atoms with Gasteiger partial charge in [-0.25, -0.2) is 86.6 Å². The maximum absolute atomic E-state index is 17.7. The van der Waals surface area contributed by atoms with E-state index in [9.17, 15) is 6.57 Å². The molecule has 552 valence electrons. The molecule has 0 atom stereocenters. The third-order valence-corrected chi connectivity index (χ3v) is 20.6. The van der Waals surface area contributed by atoms with E-state index >= 15 is 22.0 Å². The van der Waals surface area contributed by atoms with Crippen molar-refractivity contribution in [2.24, 2.45) is 0 Å². The zero-order valence-corrected chi connectivity index (χ0v) is 61.3. The normalized spacial score (nSPS) is 11.5. The lowest BCUT2D eigenvalue weighted by atomic mass is 9.98. The molecule has 0 spiro atoms. The minimum absolute atomic E-state index is 0.0929. The number of rotatable bonds is 15. The Morgan fingerprint density at radius 1 is 0.214 bits per heavy atom. The summed E-state index contributed by atoms with van der Waals surface area (Å²) >= 11 is 0. The van der Waals surface area contributed by atoms with Crippen LogP contribution in [0.2, 0.25) is 0 Å². The van der Waals surface area contributed by atoms with Crippen LogP contribution in [0.4, 0.5) is 27.6 Å². The van der Waals surface area contributed by atoms with Crippen LogP contribution in [0.3, 0.4) is 0 Å². The van der Waals surface area contributed by atoms with Gasteiger partial charge in [-0.2, -0.15) is 0 Å². The van der Waals surface area contributed by atoms with Gasteiger partial charge in [0, 0.05) is 93.9 Å². The number of hydrogen-bond acceptors (Lipinski definition) is 12. The molecule has 15 nitrogen and oxygen atoms in total. The van der Waals surface area contributed by atoms with E-state index in [1.807, 2.05) is 308 Å². The van der Waals surface area contributed by atoms with Crippen LogP contribution in [-0.4, -0.2) is 68.9 Å². The van der Waals surface area contributed by atoms with Gasteiger partial charge in [-0.1, -0.05) is 297 Å². The summed E-state index contributed by atoms with van der Waals surface area (Å²) in [7, 11) is 0. The summed E-state index contributed by atoms with van der Waals surface area (Å²) in [4.78, 5) is 65.6. The lowest BCUT2D eigenvalue weighted by molar-refractivity contribution is 0.381. The minimum Gasteiger partial charge on any atom is -0.319 e. The molecule has 20 aromatic rings. The van der Waals surface area contributed by atoms with Crippen molar-refractivity contribution in [3.63, 3.8) is 0 Å². The maximum atomic E-state index is 17.7. The van der Waals surface area contributed by atoms with Gasteiger partial charge < -0.3 is 9.13 Å². The van der Waals surface area contributed by atoms with Crippen LogP contribution in [0.5, 0.6) is 0 Å². The molecule has 0 aliphatic heterocycles. The van der Waals surface area contributed by atoms with E-state index in [-0.39, 0.29) is 51.4 Å². The standard InChI is InChI=1S/C97H54F5N15/c1-103-84-73(116-74-52-64(94-108-86(56-26-10-2-11-27-56)104-87(109-94)57-28-12-3-13-29-57)42-46-68(74)69-47-43-65(53-75(69)116)95-110-88(58-30-14-4-15-31-58)105-89(111-95)59-32-16-5-17-33-59)51-50-72(78-79(98)81(100)83(102)82(101)80(78)99)85(84)117-76-54-66(96-112-90(60-34-18-6-19-35-60)106-91(113-96)61-36-20-7-21-37-61)44-48-70(76)71-49-45-67(55-77(71)117)97-114-92(62-38-22-8-23-39-62)107-93(115-97)63-40-24-9-25-41-63/h2-55H. The molecule has 0 fully saturated rings. The Hall–Kier alpha value is -16.1. The Labute approximate surface area is 663 Å². The van der Waals surface area contributed by atoms with Crippen molar-refractivity contribution >= 4 is 49.3 Å². The first kappa shape index (κ1) is 70.0. The molecule has 0 amide bonds. The lowest BCUT2D eigenvalue weighted by Gasteiger charge is -2.21. The summed E-state index contributed by atoms with van der Waals surface area (Å²) in [5, 5.41) is 2.35. The molecule has 0 N–H and O–H groups in total. The van der Waals surface area contributed by atoms with E-state index in [2.05, 4.69) is 4.85 Å². The third-order valence-electron chi connectivity index (χ3n) is 20.6. The maximum Gasteiger partial charge on any atom is 0.234 e. The van der Waals surface area contributed by atoms with Crippen molar-refractivity contribution in [2.75, 3.05) is 0 Å².